The summed E-state index contributed by atoms with van der Waals surface area (Å²) in [5, 5.41) is 22.4. The van der Waals surface area contributed by atoms with Gasteiger partial charge in [-0.25, -0.2) is 0 Å². The highest BCUT2D eigenvalue weighted by Gasteiger charge is 2.35. The summed E-state index contributed by atoms with van der Waals surface area (Å²) in [5.41, 5.74) is 1.23. The number of aliphatic hydroxyl groups is 1. The summed E-state index contributed by atoms with van der Waals surface area (Å²) in [6, 6.07) is 9.69. The molecule has 3 aliphatic rings. The standard InChI is InChI=1S/C43H75N5O6/c1-5-6-18-38(45-41(30-35-16-11-8-12-17-35)48-23-19-36(20-24-48)54-32-52-4)43(51)46-39(29-34-14-9-7-10-15-34)40(49)31-37(33(2)3)42(50)44-21-13-22-47-25-27-53-28-26-47/h8,11-12,16-17,33-34,36-41,45,49H,5-7,9-10,13-15,18-32H2,1-4H3,(H,44,50)(H,46,51)/t37-,38-,39-,40-,41-/m0/s1. The summed E-state index contributed by atoms with van der Waals surface area (Å²) in [6.07, 6.45) is 12.4. The third kappa shape index (κ3) is 15.8. The van der Waals surface area contributed by atoms with E-state index >= 15 is 0 Å². The van der Waals surface area contributed by atoms with Crippen molar-refractivity contribution in [2.75, 3.05) is 66.4 Å². The first-order valence-corrected chi connectivity index (χ1v) is 21.5. The SMILES string of the molecule is CCCC[C@H](N[C@H](Cc1ccccc1)N1CCC(OCOC)CC1)C(=O)N[C@@H](CC1CCCCC1)[C@@H](O)C[C@H](C(=O)NCCCN1CCOCC1)C(C)C. The maximum Gasteiger partial charge on any atom is 0.237 e. The first kappa shape index (κ1) is 44.6. The van der Waals surface area contributed by atoms with Gasteiger partial charge in [0.1, 0.15) is 6.79 Å². The smallest absolute Gasteiger partial charge is 0.237 e. The number of likely N-dealkylation sites (tertiary alicyclic amines) is 1. The summed E-state index contributed by atoms with van der Waals surface area (Å²) in [5.74, 6) is 0.130. The normalized spacial score (nSPS) is 21.0. The molecular formula is C43H75N5O6. The van der Waals surface area contributed by atoms with Crippen molar-refractivity contribution in [1.82, 2.24) is 25.8 Å². The highest BCUT2D eigenvalue weighted by molar-refractivity contribution is 5.82. The molecule has 0 bridgehead atoms. The number of hydrogen-bond acceptors (Lipinski definition) is 9. The predicted octanol–water partition coefficient (Wildman–Crippen LogP) is 5.11. The monoisotopic (exact) mass is 758 g/mol. The highest BCUT2D eigenvalue weighted by atomic mass is 16.7. The molecule has 0 unspecified atom stereocenters. The van der Waals surface area contributed by atoms with Gasteiger partial charge in [-0.05, 0) is 62.5 Å². The van der Waals surface area contributed by atoms with E-state index in [0.717, 1.165) is 110 Å². The van der Waals surface area contributed by atoms with E-state index in [-0.39, 0.29) is 35.9 Å². The molecule has 2 heterocycles. The molecule has 11 nitrogen and oxygen atoms in total. The van der Waals surface area contributed by atoms with Gasteiger partial charge in [0.15, 0.2) is 0 Å². The van der Waals surface area contributed by atoms with Gasteiger partial charge in [0.2, 0.25) is 11.8 Å². The number of rotatable bonds is 24. The molecule has 4 rings (SSSR count). The van der Waals surface area contributed by atoms with Crippen molar-refractivity contribution in [2.45, 2.75) is 141 Å². The Bertz CT molecular complexity index is 1160. The zero-order valence-electron chi connectivity index (χ0n) is 34.2. The van der Waals surface area contributed by atoms with Crippen LogP contribution in [0.5, 0.6) is 0 Å². The molecule has 5 atom stereocenters. The zero-order chi connectivity index (χ0) is 38.5. The third-order valence-corrected chi connectivity index (χ3v) is 12.0. The van der Waals surface area contributed by atoms with Crippen molar-refractivity contribution < 1.29 is 28.9 Å². The van der Waals surface area contributed by atoms with E-state index in [1.807, 2.05) is 6.07 Å². The Hall–Kier alpha value is -2.12. The van der Waals surface area contributed by atoms with Gasteiger partial charge in [0.05, 0.1) is 43.7 Å². The molecule has 1 aromatic carbocycles. The number of carbonyl (C=O) groups is 2. The third-order valence-electron chi connectivity index (χ3n) is 12.0. The molecule has 2 amide bonds. The average Bonchev–Trinajstić information content (AvgIpc) is 3.19. The number of nitrogens with zero attached hydrogens (tertiary/aromatic N) is 2. The Morgan fingerprint density at radius 3 is 2.35 bits per heavy atom. The zero-order valence-corrected chi connectivity index (χ0v) is 34.2. The Kier molecular flexibility index (Phi) is 20.8. The van der Waals surface area contributed by atoms with E-state index in [0.29, 0.717) is 25.7 Å². The fourth-order valence-corrected chi connectivity index (χ4v) is 8.53. The second kappa shape index (κ2) is 25.2. The van der Waals surface area contributed by atoms with Gasteiger partial charge < -0.3 is 30.0 Å². The molecule has 0 spiro atoms. The number of amides is 2. The summed E-state index contributed by atoms with van der Waals surface area (Å²) >= 11 is 0. The number of ether oxygens (including phenoxy) is 3. The van der Waals surface area contributed by atoms with Gasteiger partial charge in [0.25, 0.3) is 0 Å². The number of piperidine rings is 1. The first-order valence-electron chi connectivity index (χ1n) is 21.5. The van der Waals surface area contributed by atoms with E-state index in [2.05, 4.69) is 70.8 Å². The number of aliphatic hydroxyl groups excluding tert-OH is 1. The minimum absolute atomic E-state index is 0.00333. The predicted molar refractivity (Wildman–Crippen MR) is 215 cm³/mol. The van der Waals surface area contributed by atoms with E-state index in [4.69, 9.17) is 14.2 Å². The van der Waals surface area contributed by atoms with Crippen LogP contribution in [-0.2, 0) is 30.2 Å². The van der Waals surface area contributed by atoms with E-state index in [9.17, 15) is 14.7 Å². The fourth-order valence-electron chi connectivity index (χ4n) is 8.53. The molecule has 11 heteroatoms. The molecule has 0 aromatic heterocycles. The molecule has 54 heavy (non-hydrogen) atoms. The summed E-state index contributed by atoms with van der Waals surface area (Å²) < 4.78 is 16.5. The van der Waals surface area contributed by atoms with Gasteiger partial charge in [-0.3, -0.25) is 24.7 Å². The molecule has 3 fully saturated rings. The first-order chi connectivity index (χ1) is 26.3. The van der Waals surface area contributed by atoms with Crippen LogP contribution in [0.4, 0.5) is 0 Å². The van der Waals surface area contributed by atoms with Crippen molar-refractivity contribution >= 4 is 11.8 Å². The van der Waals surface area contributed by atoms with E-state index in [1.54, 1.807) is 7.11 Å². The molecule has 1 aromatic rings. The fraction of sp³-hybridized carbons (Fsp3) is 0.814. The van der Waals surface area contributed by atoms with Crippen LogP contribution in [0.15, 0.2) is 30.3 Å². The minimum Gasteiger partial charge on any atom is -0.391 e. The lowest BCUT2D eigenvalue weighted by Crippen LogP contribution is -2.59. The second-order valence-corrected chi connectivity index (χ2v) is 16.5. The van der Waals surface area contributed by atoms with Gasteiger partial charge in [-0.15, -0.1) is 0 Å². The lowest BCUT2D eigenvalue weighted by atomic mass is 9.81. The van der Waals surface area contributed by atoms with Crippen LogP contribution in [0.1, 0.15) is 110 Å². The van der Waals surface area contributed by atoms with Crippen LogP contribution in [-0.4, -0.2) is 124 Å². The molecule has 1 saturated carbocycles. The lowest BCUT2D eigenvalue weighted by molar-refractivity contribution is -0.128. The lowest BCUT2D eigenvalue weighted by Gasteiger charge is -2.40. The second-order valence-electron chi connectivity index (χ2n) is 16.5. The van der Waals surface area contributed by atoms with Crippen LogP contribution >= 0.6 is 0 Å². The van der Waals surface area contributed by atoms with Crippen LogP contribution < -0.4 is 16.0 Å². The van der Waals surface area contributed by atoms with Crippen LogP contribution in [0.25, 0.3) is 0 Å². The molecule has 2 aliphatic heterocycles. The largest absolute Gasteiger partial charge is 0.391 e. The maximum atomic E-state index is 14.5. The summed E-state index contributed by atoms with van der Waals surface area (Å²) in [6.45, 7) is 13.3. The van der Waals surface area contributed by atoms with Crippen LogP contribution in [0, 0.1) is 17.8 Å². The number of nitrogens with one attached hydrogen (secondary N) is 3. The Labute approximate surface area is 327 Å². The van der Waals surface area contributed by atoms with E-state index < -0.39 is 18.2 Å². The van der Waals surface area contributed by atoms with Crippen molar-refractivity contribution in [3.05, 3.63) is 35.9 Å². The number of unbranched alkanes of at least 4 members (excludes halogenated alkanes) is 1. The quantitative estimate of drug-likeness (QED) is 0.0843. The van der Waals surface area contributed by atoms with Crippen molar-refractivity contribution in [1.29, 1.82) is 0 Å². The Morgan fingerprint density at radius 2 is 1.69 bits per heavy atom. The molecule has 4 N–H and O–H groups in total. The van der Waals surface area contributed by atoms with E-state index in [1.165, 1.54) is 24.8 Å². The summed E-state index contributed by atoms with van der Waals surface area (Å²) in [4.78, 5) is 32.9. The van der Waals surface area contributed by atoms with Crippen molar-refractivity contribution in [2.24, 2.45) is 17.8 Å². The van der Waals surface area contributed by atoms with Gasteiger partial charge in [-0.2, -0.15) is 0 Å². The minimum atomic E-state index is -0.819. The van der Waals surface area contributed by atoms with Gasteiger partial charge in [-0.1, -0.05) is 96.0 Å². The Morgan fingerprint density at radius 1 is 0.963 bits per heavy atom. The number of methoxy groups -OCH3 is 1. The van der Waals surface area contributed by atoms with Crippen molar-refractivity contribution in [3.63, 3.8) is 0 Å². The Balaban J connectivity index is 1.44. The topological polar surface area (TPSA) is 125 Å². The average molecular weight is 758 g/mol. The van der Waals surface area contributed by atoms with Crippen LogP contribution in [0.3, 0.4) is 0 Å². The maximum absolute atomic E-state index is 14.5. The van der Waals surface area contributed by atoms with Crippen molar-refractivity contribution in [3.8, 4) is 0 Å². The van der Waals surface area contributed by atoms with Gasteiger partial charge >= 0.3 is 0 Å². The number of benzene rings is 1. The number of morpholine rings is 1. The molecule has 308 valence electrons. The number of hydrogen-bond donors (Lipinski definition) is 4. The highest BCUT2D eigenvalue weighted by Crippen LogP contribution is 2.30. The number of carbonyl (C=O) groups excluding carboxylic acids is 2. The van der Waals surface area contributed by atoms with Crippen LogP contribution in [0.2, 0.25) is 0 Å². The molecule has 0 radical (unpaired) electrons. The molecule has 1 aliphatic carbocycles. The summed E-state index contributed by atoms with van der Waals surface area (Å²) in [7, 11) is 1.66. The van der Waals surface area contributed by atoms with Gasteiger partial charge in [0, 0.05) is 52.2 Å². The molecular weight excluding hydrogens is 683 g/mol. The molecule has 2 saturated heterocycles.